The van der Waals surface area contributed by atoms with E-state index in [4.69, 9.17) is 10.00 Å². The molecule has 0 unspecified atom stereocenters. The zero-order chi connectivity index (χ0) is 11.4. The summed E-state index contributed by atoms with van der Waals surface area (Å²) in [6.07, 6.45) is 0. The minimum Gasteiger partial charge on any atom is -0.485 e. The van der Waals surface area contributed by atoms with Gasteiger partial charge < -0.3 is 9.94 Å². The largest absolute Gasteiger partial charge is 0.485 e. The van der Waals surface area contributed by atoms with Crippen LogP contribution in [0, 0.1) is 16.5 Å². The van der Waals surface area contributed by atoms with E-state index in [2.05, 4.69) is 9.79 Å². The molecule has 0 N–H and O–H groups in total. The normalized spacial score (nSPS) is 9.69. The number of rotatable bonds is 3. The molecule has 1 aromatic heterocycles. The van der Waals surface area contributed by atoms with Crippen LogP contribution in [0.3, 0.4) is 0 Å². The lowest BCUT2D eigenvalue weighted by Gasteiger charge is -2.00. The molecular formula is C10H7N3O3. The third-order valence-electron chi connectivity index (χ3n) is 1.91. The molecule has 0 aliphatic carbocycles. The van der Waals surface area contributed by atoms with Gasteiger partial charge in [0.25, 0.3) is 5.69 Å². The number of nitrogens with zero attached hydrogens (tertiary/aromatic N) is 3. The summed E-state index contributed by atoms with van der Waals surface area (Å²) in [4.78, 5) is 0.0592. The van der Waals surface area contributed by atoms with Crippen molar-refractivity contribution in [1.29, 1.82) is 5.26 Å². The van der Waals surface area contributed by atoms with Crippen LogP contribution in [0.25, 0.3) is 0 Å². The Morgan fingerprint density at radius 3 is 2.88 bits per heavy atom. The molecule has 0 atom stereocenters. The molecule has 0 amide bonds. The predicted molar refractivity (Wildman–Crippen MR) is 51.0 cm³/mol. The standard InChI is InChI=1S/C10H7N3O3/c11-6-10-9(12-16-13(10)14)7-15-8-4-2-1-3-5-8/h1-5H,7H2. The molecule has 0 radical (unpaired) electrons. The van der Waals surface area contributed by atoms with Gasteiger partial charge in [-0.1, -0.05) is 18.2 Å². The summed E-state index contributed by atoms with van der Waals surface area (Å²) in [7, 11) is 0. The number of hydrogen-bond acceptors (Lipinski definition) is 5. The fourth-order valence-electron chi connectivity index (χ4n) is 1.14. The van der Waals surface area contributed by atoms with Crippen molar-refractivity contribution in [3.05, 3.63) is 46.9 Å². The lowest BCUT2D eigenvalue weighted by molar-refractivity contribution is -0.804. The van der Waals surface area contributed by atoms with Gasteiger partial charge in [-0.15, -0.1) is 0 Å². The van der Waals surface area contributed by atoms with E-state index in [0.717, 1.165) is 0 Å². The van der Waals surface area contributed by atoms with Crippen molar-refractivity contribution >= 4 is 0 Å². The van der Waals surface area contributed by atoms with E-state index in [9.17, 15) is 5.21 Å². The maximum Gasteiger partial charge on any atom is 0.301 e. The maximum atomic E-state index is 10.9. The van der Waals surface area contributed by atoms with Crippen LogP contribution in [0.4, 0.5) is 0 Å². The van der Waals surface area contributed by atoms with Crippen molar-refractivity contribution in [2.45, 2.75) is 6.61 Å². The van der Waals surface area contributed by atoms with Gasteiger partial charge >= 0.3 is 5.69 Å². The first kappa shape index (κ1) is 9.98. The van der Waals surface area contributed by atoms with E-state index >= 15 is 0 Å². The molecule has 0 aliphatic rings. The van der Waals surface area contributed by atoms with Gasteiger partial charge in [0.1, 0.15) is 5.75 Å². The minimum absolute atomic E-state index is 0.0195. The van der Waals surface area contributed by atoms with Gasteiger partial charge in [0.15, 0.2) is 12.7 Å². The number of ether oxygens (including phenoxy) is 1. The Bertz CT molecular complexity index is 516. The Kier molecular flexibility index (Phi) is 2.69. The van der Waals surface area contributed by atoms with E-state index in [1.807, 2.05) is 18.2 Å². The molecule has 2 aromatic rings. The van der Waals surface area contributed by atoms with Gasteiger partial charge in [0, 0.05) is 5.16 Å². The monoisotopic (exact) mass is 217 g/mol. The fraction of sp³-hybridized carbons (Fsp3) is 0.100. The highest BCUT2D eigenvalue weighted by Crippen LogP contribution is 2.11. The first-order valence-corrected chi connectivity index (χ1v) is 4.48. The van der Waals surface area contributed by atoms with Crippen LogP contribution in [0.5, 0.6) is 5.75 Å². The Hall–Kier alpha value is -2.55. The molecule has 2 rings (SSSR count). The molecule has 80 valence electrons. The van der Waals surface area contributed by atoms with Gasteiger partial charge in [-0.25, -0.2) is 0 Å². The molecule has 0 fully saturated rings. The van der Waals surface area contributed by atoms with Crippen LogP contribution in [-0.2, 0) is 6.61 Å². The summed E-state index contributed by atoms with van der Waals surface area (Å²) in [6, 6.07) is 10.7. The molecule has 1 aromatic carbocycles. The quantitative estimate of drug-likeness (QED) is 0.708. The van der Waals surface area contributed by atoms with Crippen LogP contribution in [0.1, 0.15) is 11.4 Å². The number of aromatic nitrogens is 2. The van der Waals surface area contributed by atoms with Gasteiger partial charge in [0.05, 0.1) is 0 Å². The summed E-state index contributed by atoms with van der Waals surface area (Å²) in [5.74, 6) is 0.631. The number of para-hydroxylation sites is 1. The smallest absolute Gasteiger partial charge is 0.301 e. The van der Waals surface area contributed by atoms with Crippen molar-refractivity contribution < 1.29 is 14.3 Å². The van der Waals surface area contributed by atoms with Crippen LogP contribution in [-0.4, -0.2) is 5.16 Å². The van der Waals surface area contributed by atoms with E-state index in [0.29, 0.717) is 5.75 Å². The lowest BCUT2D eigenvalue weighted by Crippen LogP contribution is -2.26. The molecule has 6 nitrogen and oxygen atoms in total. The molecule has 0 bridgehead atoms. The van der Waals surface area contributed by atoms with Crippen molar-refractivity contribution in [2.75, 3.05) is 0 Å². The number of hydrogen-bond donors (Lipinski definition) is 0. The highest BCUT2D eigenvalue weighted by atomic mass is 16.8. The molecule has 0 saturated carbocycles. The van der Waals surface area contributed by atoms with Crippen molar-refractivity contribution in [1.82, 2.24) is 5.16 Å². The minimum atomic E-state index is -0.184. The van der Waals surface area contributed by atoms with E-state index in [-0.39, 0.29) is 22.9 Å². The summed E-state index contributed by atoms with van der Waals surface area (Å²) in [5.41, 5.74) is -0.00251. The molecular weight excluding hydrogens is 210 g/mol. The molecule has 0 saturated heterocycles. The van der Waals surface area contributed by atoms with Crippen molar-refractivity contribution in [2.24, 2.45) is 0 Å². The maximum absolute atomic E-state index is 10.9. The highest BCUT2D eigenvalue weighted by molar-refractivity contribution is 5.23. The lowest BCUT2D eigenvalue weighted by atomic mass is 10.3. The number of benzene rings is 1. The molecule has 1 heterocycles. The van der Waals surface area contributed by atoms with E-state index in [1.165, 1.54) is 0 Å². The zero-order valence-electron chi connectivity index (χ0n) is 8.16. The topological polar surface area (TPSA) is 86.0 Å². The summed E-state index contributed by atoms with van der Waals surface area (Å²) in [5, 5.41) is 23.0. The average Bonchev–Trinajstić information content (AvgIpc) is 2.68. The Balaban J connectivity index is 2.09. The SMILES string of the molecule is N#Cc1c(COc2ccccc2)no[n+]1[O-]. The second-order valence-corrected chi connectivity index (χ2v) is 2.94. The Morgan fingerprint density at radius 2 is 2.19 bits per heavy atom. The van der Waals surface area contributed by atoms with Crippen LogP contribution >= 0.6 is 0 Å². The van der Waals surface area contributed by atoms with Gasteiger partial charge in [-0.05, 0) is 17.0 Å². The van der Waals surface area contributed by atoms with E-state index in [1.54, 1.807) is 18.2 Å². The molecule has 16 heavy (non-hydrogen) atoms. The van der Waals surface area contributed by atoms with Crippen LogP contribution < -0.4 is 9.64 Å². The fourth-order valence-corrected chi connectivity index (χ4v) is 1.14. The van der Waals surface area contributed by atoms with Crippen molar-refractivity contribution in [3.63, 3.8) is 0 Å². The molecule has 6 heteroatoms. The Labute approximate surface area is 90.8 Å². The summed E-state index contributed by atoms with van der Waals surface area (Å²) >= 11 is 0. The Morgan fingerprint density at radius 1 is 1.44 bits per heavy atom. The van der Waals surface area contributed by atoms with Gasteiger partial charge in [-0.2, -0.15) is 5.26 Å². The second kappa shape index (κ2) is 4.31. The van der Waals surface area contributed by atoms with Gasteiger partial charge in [-0.3, -0.25) is 4.63 Å². The first-order chi connectivity index (χ1) is 7.81. The van der Waals surface area contributed by atoms with Crippen LogP contribution in [0.15, 0.2) is 35.0 Å². The second-order valence-electron chi connectivity index (χ2n) is 2.94. The van der Waals surface area contributed by atoms with Crippen LogP contribution in [0.2, 0.25) is 0 Å². The number of nitriles is 1. The summed E-state index contributed by atoms with van der Waals surface area (Å²) in [6.45, 7) is 0.0195. The van der Waals surface area contributed by atoms with Gasteiger partial charge in [0.2, 0.25) is 0 Å². The highest BCUT2D eigenvalue weighted by Gasteiger charge is 2.18. The average molecular weight is 217 g/mol. The van der Waals surface area contributed by atoms with Crippen molar-refractivity contribution in [3.8, 4) is 11.8 Å². The summed E-state index contributed by atoms with van der Waals surface area (Å²) < 4.78 is 9.61. The molecule has 0 spiro atoms. The zero-order valence-corrected chi connectivity index (χ0v) is 8.16. The first-order valence-electron chi connectivity index (χ1n) is 4.48. The van der Waals surface area contributed by atoms with E-state index < -0.39 is 0 Å². The third kappa shape index (κ3) is 1.93. The molecule has 0 aliphatic heterocycles. The third-order valence-corrected chi connectivity index (χ3v) is 1.91. The predicted octanol–water partition coefficient (Wildman–Crippen LogP) is 0.759.